The van der Waals surface area contributed by atoms with Crippen molar-refractivity contribution in [2.24, 2.45) is 0 Å². The molecular formula is C15H16N4O. The first-order valence-electron chi connectivity index (χ1n) is 6.50. The van der Waals surface area contributed by atoms with Crippen LogP contribution < -0.4 is 0 Å². The lowest BCUT2D eigenvalue weighted by Crippen LogP contribution is -2.00. The summed E-state index contributed by atoms with van der Waals surface area (Å²) in [5.74, 6) is 0. The average molecular weight is 268 g/mol. The molecule has 102 valence electrons. The topological polar surface area (TPSA) is 63.8 Å². The number of rotatable bonds is 2. The maximum absolute atomic E-state index is 9.52. The van der Waals surface area contributed by atoms with Crippen molar-refractivity contribution in [1.82, 2.24) is 19.7 Å². The fraction of sp³-hybridized carbons (Fsp3) is 0.267. The van der Waals surface area contributed by atoms with Gasteiger partial charge in [0.2, 0.25) is 0 Å². The molecule has 0 aromatic carbocycles. The molecule has 3 rings (SSSR count). The molecule has 0 aliphatic carbocycles. The van der Waals surface area contributed by atoms with Crippen LogP contribution in [0.15, 0.2) is 24.4 Å². The number of hydrogen-bond acceptors (Lipinski definition) is 4. The highest BCUT2D eigenvalue weighted by Gasteiger charge is 2.14. The molecule has 0 fully saturated rings. The fourth-order valence-electron chi connectivity index (χ4n) is 2.41. The second-order valence-corrected chi connectivity index (χ2v) is 4.93. The van der Waals surface area contributed by atoms with E-state index in [2.05, 4.69) is 15.1 Å². The van der Waals surface area contributed by atoms with E-state index in [0.717, 1.165) is 39.4 Å². The fourth-order valence-corrected chi connectivity index (χ4v) is 2.41. The van der Waals surface area contributed by atoms with Gasteiger partial charge in [0.25, 0.3) is 0 Å². The predicted octanol–water partition coefficient (Wildman–Crippen LogP) is 2.23. The molecule has 0 amide bonds. The second-order valence-electron chi connectivity index (χ2n) is 4.93. The summed E-state index contributed by atoms with van der Waals surface area (Å²) >= 11 is 0. The third-order valence-electron chi connectivity index (χ3n) is 3.33. The Hall–Kier alpha value is -2.27. The lowest BCUT2D eigenvalue weighted by molar-refractivity contribution is 0.283. The van der Waals surface area contributed by atoms with E-state index in [0.29, 0.717) is 0 Å². The van der Waals surface area contributed by atoms with Crippen LogP contribution in [0.2, 0.25) is 0 Å². The van der Waals surface area contributed by atoms with Gasteiger partial charge in [-0.1, -0.05) is 0 Å². The zero-order chi connectivity index (χ0) is 14.3. The molecule has 0 spiro atoms. The molecule has 0 aliphatic heterocycles. The van der Waals surface area contributed by atoms with Crippen molar-refractivity contribution in [3.8, 4) is 5.69 Å². The Kier molecular flexibility index (Phi) is 2.99. The van der Waals surface area contributed by atoms with Gasteiger partial charge in [0.15, 0.2) is 5.65 Å². The van der Waals surface area contributed by atoms with Gasteiger partial charge in [-0.05, 0) is 44.5 Å². The van der Waals surface area contributed by atoms with Gasteiger partial charge in [0.05, 0.1) is 24.2 Å². The Morgan fingerprint density at radius 2 is 1.95 bits per heavy atom. The van der Waals surface area contributed by atoms with Crippen LogP contribution >= 0.6 is 0 Å². The van der Waals surface area contributed by atoms with E-state index in [1.54, 1.807) is 10.9 Å². The first kappa shape index (κ1) is 12.7. The van der Waals surface area contributed by atoms with Crippen LogP contribution in [-0.2, 0) is 6.61 Å². The Labute approximate surface area is 116 Å². The number of nitrogens with zero attached hydrogens (tertiary/aromatic N) is 4. The molecule has 3 aromatic heterocycles. The van der Waals surface area contributed by atoms with Crippen molar-refractivity contribution < 1.29 is 5.11 Å². The van der Waals surface area contributed by atoms with Gasteiger partial charge in [-0.25, -0.2) is 9.67 Å². The molecule has 0 bridgehead atoms. The van der Waals surface area contributed by atoms with Crippen molar-refractivity contribution in [2.45, 2.75) is 27.4 Å². The van der Waals surface area contributed by atoms with E-state index in [4.69, 9.17) is 0 Å². The average Bonchev–Trinajstić information content (AvgIpc) is 2.76. The third-order valence-corrected chi connectivity index (χ3v) is 3.33. The largest absolute Gasteiger partial charge is 0.392 e. The highest BCUT2D eigenvalue weighted by molar-refractivity contribution is 5.83. The van der Waals surface area contributed by atoms with Crippen LogP contribution in [-0.4, -0.2) is 24.9 Å². The van der Waals surface area contributed by atoms with E-state index in [-0.39, 0.29) is 6.61 Å². The van der Waals surface area contributed by atoms with Crippen molar-refractivity contribution in [2.75, 3.05) is 0 Å². The first-order chi connectivity index (χ1) is 9.60. The van der Waals surface area contributed by atoms with Crippen molar-refractivity contribution in [3.05, 3.63) is 47.0 Å². The van der Waals surface area contributed by atoms with Gasteiger partial charge in [-0.2, -0.15) is 5.10 Å². The molecule has 0 saturated carbocycles. The Balaban J connectivity index is 2.32. The summed E-state index contributed by atoms with van der Waals surface area (Å²) in [7, 11) is 0. The van der Waals surface area contributed by atoms with Crippen LogP contribution in [0.3, 0.4) is 0 Å². The van der Waals surface area contributed by atoms with E-state index < -0.39 is 0 Å². The van der Waals surface area contributed by atoms with Crippen molar-refractivity contribution in [1.29, 1.82) is 0 Å². The lowest BCUT2D eigenvalue weighted by Gasteiger charge is -2.05. The molecule has 3 aromatic rings. The molecule has 0 aliphatic rings. The van der Waals surface area contributed by atoms with Crippen LogP contribution in [0, 0.1) is 20.8 Å². The summed E-state index contributed by atoms with van der Waals surface area (Å²) in [6, 6.07) is 5.81. The van der Waals surface area contributed by atoms with Gasteiger partial charge < -0.3 is 5.11 Å². The molecule has 0 atom stereocenters. The van der Waals surface area contributed by atoms with Crippen LogP contribution in [0.4, 0.5) is 0 Å². The summed E-state index contributed by atoms with van der Waals surface area (Å²) < 4.78 is 1.78. The number of hydrogen-bond donors (Lipinski definition) is 1. The molecular weight excluding hydrogens is 252 g/mol. The molecule has 5 nitrogen and oxygen atoms in total. The Morgan fingerprint density at radius 3 is 2.60 bits per heavy atom. The quantitative estimate of drug-likeness (QED) is 0.774. The number of fused-ring (bicyclic) bond motifs is 1. The standard InChI is InChI=1S/C15H16N4O/c1-9-4-5-13(7-16-9)19-15-14(11(3)18-19)12(8-20)6-10(2)17-15/h4-7,20H,8H2,1-3H3. The first-order valence-corrected chi connectivity index (χ1v) is 6.50. The SMILES string of the molecule is Cc1ccc(-n2nc(C)c3c(CO)cc(C)nc32)cn1. The smallest absolute Gasteiger partial charge is 0.163 e. The number of aromatic nitrogens is 4. The van der Waals surface area contributed by atoms with Crippen molar-refractivity contribution >= 4 is 11.0 Å². The van der Waals surface area contributed by atoms with E-state index in [1.807, 2.05) is 39.0 Å². The number of pyridine rings is 2. The van der Waals surface area contributed by atoms with Gasteiger partial charge in [0.1, 0.15) is 0 Å². The highest BCUT2D eigenvalue weighted by Crippen LogP contribution is 2.24. The van der Waals surface area contributed by atoms with Crippen molar-refractivity contribution in [3.63, 3.8) is 0 Å². The predicted molar refractivity (Wildman–Crippen MR) is 76.8 cm³/mol. The molecule has 0 radical (unpaired) electrons. The Bertz CT molecular complexity index is 775. The molecule has 20 heavy (non-hydrogen) atoms. The summed E-state index contributed by atoms with van der Waals surface area (Å²) in [4.78, 5) is 8.86. The van der Waals surface area contributed by atoms with Gasteiger partial charge in [0, 0.05) is 16.8 Å². The van der Waals surface area contributed by atoms with E-state index >= 15 is 0 Å². The summed E-state index contributed by atoms with van der Waals surface area (Å²) in [6.07, 6.45) is 1.78. The van der Waals surface area contributed by atoms with Crippen LogP contribution in [0.25, 0.3) is 16.7 Å². The Morgan fingerprint density at radius 1 is 1.15 bits per heavy atom. The van der Waals surface area contributed by atoms with E-state index in [9.17, 15) is 5.11 Å². The number of aliphatic hydroxyl groups excluding tert-OH is 1. The summed E-state index contributed by atoms with van der Waals surface area (Å²) in [5, 5.41) is 15.0. The van der Waals surface area contributed by atoms with Crippen LogP contribution in [0.5, 0.6) is 0 Å². The molecule has 5 heteroatoms. The maximum atomic E-state index is 9.52. The third kappa shape index (κ3) is 1.96. The van der Waals surface area contributed by atoms with Crippen LogP contribution in [0.1, 0.15) is 22.6 Å². The van der Waals surface area contributed by atoms with Gasteiger partial charge in [-0.15, -0.1) is 0 Å². The molecule has 1 N–H and O–H groups in total. The number of aryl methyl sites for hydroxylation is 3. The normalized spacial score (nSPS) is 11.2. The maximum Gasteiger partial charge on any atom is 0.163 e. The molecule has 3 heterocycles. The number of aliphatic hydroxyl groups is 1. The summed E-state index contributed by atoms with van der Waals surface area (Å²) in [6.45, 7) is 5.77. The second kappa shape index (κ2) is 4.68. The molecule has 0 unspecified atom stereocenters. The zero-order valence-electron chi connectivity index (χ0n) is 11.8. The van der Waals surface area contributed by atoms with E-state index in [1.165, 1.54) is 0 Å². The molecule has 0 saturated heterocycles. The minimum atomic E-state index is -0.0153. The lowest BCUT2D eigenvalue weighted by atomic mass is 10.1. The minimum Gasteiger partial charge on any atom is -0.392 e. The monoisotopic (exact) mass is 268 g/mol. The van der Waals surface area contributed by atoms with Gasteiger partial charge >= 0.3 is 0 Å². The summed E-state index contributed by atoms with van der Waals surface area (Å²) in [5.41, 5.74) is 5.17. The van der Waals surface area contributed by atoms with Gasteiger partial charge in [-0.3, -0.25) is 4.98 Å². The zero-order valence-corrected chi connectivity index (χ0v) is 11.8. The highest BCUT2D eigenvalue weighted by atomic mass is 16.3. The minimum absolute atomic E-state index is 0.0153.